The van der Waals surface area contributed by atoms with Crippen LogP contribution in [0.1, 0.15) is 31.9 Å². The molecule has 0 spiro atoms. The smallest absolute Gasteiger partial charge is 0.269 e. The number of aromatic nitrogens is 1. The summed E-state index contributed by atoms with van der Waals surface area (Å²) >= 11 is 0. The Labute approximate surface area is 140 Å². The van der Waals surface area contributed by atoms with E-state index in [9.17, 15) is 15.2 Å². The van der Waals surface area contributed by atoms with E-state index in [0.717, 1.165) is 25.0 Å². The molecule has 1 aliphatic rings. The van der Waals surface area contributed by atoms with Crippen LogP contribution in [0.3, 0.4) is 0 Å². The van der Waals surface area contributed by atoms with Crippen LogP contribution >= 0.6 is 0 Å². The van der Waals surface area contributed by atoms with Crippen molar-refractivity contribution in [3.05, 3.63) is 46.3 Å². The Hall–Kier alpha value is -2.25. The SMILES string of the molecule is C[C@@H]1CCC[C@@H](CO)N1Cc1coc(-c2ccc([N+](=O)[O-])cc2)n1. The average molecular weight is 331 g/mol. The van der Waals surface area contributed by atoms with Gasteiger partial charge in [-0.05, 0) is 31.9 Å². The average Bonchev–Trinajstić information content (AvgIpc) is 3.05. The van der Waals surface area contributed by atoms with Crippen molar-refractivity contribution >= 4 is 5.69 Å². The minimum absolute atomic E-state index is 0.0402. The minimum Gasteiger partial charge on any atom is -0.444 e. The van der Waals surface area contributed by atoms with Gasteiger partial charge < -0.3 is 9.52 Å². The monoisotopic (exact) mass is 331 g/mol. The molecule has 7 nitrogen and oxygen atoms in total. The van der Waals surface area contributed by atoms with E-state index in [-0.39, 0.29) is 18.3 Å². The number of hydrogen-bond donors (Lipinski definition) is 1. The molecule has 0 amide bonds. The molecule has 3 rings (SSSR count). The summed E-state index contributed by atoms with van der Waals surface area (Å²) in [5.74, 6) is 0.449. The molecule has 24 heavy (non-hydrogen) atoms. The maximum absolute atomic E-state index is 10.7. The molecule has 0 radical (unpaired) electrons. The number of likely N-dealkylation sites (tertiary alicyclic amines) is 1. The molecule has 1 aliphatic heterocycles. The zero-order valence-electron chi connectivity index (χ0n) is 13.6. The first-order valence-corrected chi connectivity index (χ1v) is 8.14. The third-order valence-corrected chi connectivity index (χ3v) is 4.63. The second-order valence-electron chi connectivity index (χ2n) is 6.24. The number of oxazole rings is 1. The number of aliphatic hydroxyl groups is 1. The van der Waals surface area contributed by atoms with E-state index in [1.165, 1.54) is 12.1 Å². The van der Waals surface area contributed by atoms with Gasteiger partial charge in [-0.1, -0.05) is 6.42 Å². The first-order valence-electron chi connectivity index (χ1n) is 8.14. The van der Waals surface area contributed by atoms with E-state index in [1.807, 2.05) is 0 Å². The van der Waals surface area contributed by atoms with Crippen LogP contribution in [-0.2, 0) is 6.54 Å². The fourth-order valence-electron chi connectivity index (χ4n) is 3.25. The van der Waals surface area contributed by atoms with E-state index in [1.54, 1.807) is 18.4 Å². The molecular weight excluding hydrogens is 310 g/mol. The highest BCUT2D eigenvalue weighted by Gasteiger charge is 2.28. The maximum Gasteiger partial charge on any atom is 0.269 e. The molecule has 1 aromatic heterocycles. The minimum atomic E-state index is -0.433. The van der Waals surface area contributed by atoms with Crippen molar-refractivity contribution in [2.24, 2.45) is 0 Å². The highest BCUT2D eigenvalue weighted by molar-refractivity contribution is 5.55. The summed E-state index contributed by atoms with van der Waals surface area (Å²) in [7, 11) is 0. The molecule has 1 saturated heterocycles. The van der Waals surface area contributed by atoms with Gasteiger partial charge in [0.25, 0.3) is 5.69 Å². The third-order valence-electron chi connectivity index (χ3n) is 4.63. The van der Waals surface area contributed by atoms with Crippen molar-refractivity contribution in [1.82, 2.24) is 9.88 Å². The molecule has 1 aromatic carbocycles. The standard InChI is InChI=1S/C17H21N3O4/c1-12-3-2-4-16(10-21)19(12)9-14-11-24-17(18-14)13-5-7-15(8-6-13)20(22)23/h5-8,11-12,16,21H,2-4,9-10H2,1H3/t12-,16+/m1/s1. The Morgan fingerprint density at radius 1 is 1.38 bits per heavy atom. The molecule has 1 fully saturated rings. The molecule has 0 bridgehead atoms. The molecule has 1 N–H and O–H groups in total. The lowest BCUT2D eigenvalue weighted by atomic mass is 9.97. The molecule has 128 valence electrons. The lowest BCUT2D eigenvalue weighted by molar-refractivity contribution is -0.384. The Morgan fingerprint density at radius 2 is 2.12 bits per heavy atom. The molecule has 2 atom stereocenters. The van der Waals surface area contributed by atoms with Crippen molar-refractivity contribution in [3.8, 4) is 11.5 Å². The first-order chi connectivity index (χ1) is 11.6. The highest BCUT2D eigenvalue weighted by Crippen LogP contribution is 2.26. The van der Waals surface area contributed by atoms with E-state index >= 15 is 0 Å². The Bertz CT molecular complexity index is 698. The predicted octanol–water partition coefficient (Wildman–Crippen LogP) is 2.99. The summed E-state index contributed by atoms with van der Waals surface area (Å²) in [6.07, 6.45) is 4.86. The van der Waals surface area contributed by atoms with Gasteiger partial charge in [-0.2, -0.15) is 0 Å². The second kappa shape index (κ2) is 7.11. The first kappa shape index (κ1) is 16.6. The lowest BCUT2D eigenvalue weighted by Gasteiger charge is -2.39. The summed E-state index contributed by atoms with van der Waals surface area (Å²) < 4.78 is 5.53. The van der Waals surface area contributed by atoms with Gasteiger partial charge in [0, 0.05) is 36.3 Å². The maximum atomic E-state index is 10.7. The highest BCUT2D eigenvalue weighted by atomic mass is 16.6. The fourth-order valence-corrected chi connectivity index (χ4v) is 3.25. The summed E-state index contributed by atoms with van der Waals surface area (Å²) in [6.45, 7) is 2.94. The lowest BCUT2D eigenvalue weighted by Crippen LogP contribution is -2.46. The zero-order chi connectivity index (χ0) is 17.1. The molecular formula is C17H21N3O4. The second-order valence-corrected chi connectivity index (χ2v) is 6.24. The van der Waals surface area contributed by atoms with Gasteiger partial charge in [-0.15, -0.1) is 0 Å². The Kier molecular flexibility index (Phi) is 4.92. The number of nitro benzene ring substituents is 1. The molecule has 2 heterocycles. The van der Waals surface area contributed by atoms with Gasteiger partial charge in [0.2, 0.25) is 5.89 Å². The van der Waals surface area contributed by atoms with Crippen LogP contribution in [0, 0.1) is 10.1 Å². The number of piperidine rings is 1. The summed E-state index contributed by atoms with van der Waals surface area (Å²) in [6, 6.07) is 6.70. The number of aliphatic hydroxyl groups excluding tert-OH is 1. The van der Waals surface area contributed by atoms with Crippen LogP contribution in [-0.4, -0.2) is 38.6 Å². The van der Waals surface area contributed by atoms with Crippen LogP contribution in [0.2, 0.25) is 0 Å². The van der Waals surface area contributed by atoms with Crippen molar-refractivity contribution < 1.29 is 14.4 Å². The predicted molar refractivity (Wildman–Crippen MR) is 88.3 cm³/mol. The number of rotatable bonds is 5. The number of benzene rings is 1. The van der Waals surface area contributed by atoms with Crippen molar-refractivity contribution in [3.63, 3.8) is 0 Å². The van der Waals surface area contributed by atoms with Crippen LogP contribution in [0.15, 0.2) is 34.9 Å². The Morgan fingerprint density at radius 3 is 2.79 bits per heavy atom. The summed E-state index contributed by atoms with van der Waals surface area (Å²) in [5.41, 5.74) is 1.55. The van der Waals surface area contributed by atoms with Gasteiger partial charge in [0.15, 0.2) is 0 Å². The van der Waals surface area contributed by atoms with E-state index in [0.29, 0.717) is 24.0 Å². The molecule has 7 heteroatoms. The van der Waals surface area contributed by atoms with Crippen molar-refractivity contribution in [2.75, 3.05) is 6.61 Å². The molecule has 2 aromatic rings. The van der Waals surface area contributed by atoms with Crippen molar-refractivity contribution in [2.45, 2.75) is 44.8 Å². The van der Waals surface area contributed by atoms with Crippen LogP contribution in [0.4, 0.5) is 5.69 Å². The number of nitrogens with zero attached hydrogens (tertiary/aromatic N) is 3. The van der Waals surface area contributed by atoms with Gasteiger partial charge in [0.05, 0.1) is 17.2 Å². The van der Waals surface area contributed by atoms with Gasteiger partial charge in [-0.3, -0.25) is 15.0 Å². The quantitative estimate of drug-likeness (QED) is 0.669. The molecule has 0 aliphatic carbocycles. The largest absolute Gasteiger partial charge is 0.444 e. The Balaban J connectivity index is 1.74. The molecule has 0 unspecified atom stereocenters. The van der Waals surface area contributed by atoms with Gasteiger partial charge in [-0.25, -0.2) is 4.98 Å². The van der Waals surface area contributed by atoms with Crippen LogP contribution in [0.25, 0.3) is 11.5 Å². The van der Waals surface area contributed by atoms with Crippen LogP contribution < -0.4 is 0 Å². The van der Waals surface area contributed by atoms with E-state index < -0.39 is 4.92 Å². The summed E-state index contributed by atoms with van der Waals surface area (Å²) in [5, 5.41) is 20.3. The van der Waals surface area contributed by atoms with Crippen LogP contribution in [0.5, 0.6) is 0 Å². The van der Waals surface area contributed by atoms with Crippen molar-refractivity contribution in [1.29, 1.82) is 0 Å². The van der Waals surface area contributed by atoms with Gasteiger partial charge >= 0.3 is 0 Å². The number of non-ortho nitro benzene ring substituents is 1. The fraction of sp³-hybridized carbons (Fsp3) is 0.471. The number of nitro groups is 1. The van der Waals surface area contributed by atoms with E-state index in [2.05, 4.69) is 16.8 Å². The zero-order valence-corrected chi connectivity index (χ0v) is 13.6. The topological polar surface area (TPSA) is 92.6 Å². The summed E-state index contributed by atoms with van der Waals surface area (Å²) in [4.78, 5) is 17.0. The third kappa shape index (κ3) is 3.47. The molecule has 0 saturated carbocycles. The number of hydrogen-bond acceptors (Lipinski definition) is 6. The van der Waals surface area contributed by atoms with Gasteiger partial charge in [0.1, 0.15) is 6.26 Å². The van der Waals surface area contributed by atoms with E-state index in [4.69, 9.17) is 4.42 Å². The normalized spacial score (nSPS) is 21.8.